The maximum Gasteiger partial charge on any atom is 0.231 e. The normalized spacial score (nSPS) is 11.9. The van der Waals surface area contributed by atoms with E-state index in [0.717, 1.165) is 36.0 Å². The molecule has 0 bridgehead atoms. The van der Waals surface area contributed by atoms with Crippen LogP contribution in [0.4, 0.5) is 17.5 Å². The summed E-state index contributed by atoms with van der Waals surface area (Å²) in [5.74, 6) is 3.61. The van der Waals surface area contributed by atoms with Gasteiger partial charge in [0.25, 0.3) is 0 Å². The van der Waals surface area contributed by atoms with E-state index >= 15 is 0 Å². The van der Waals surface area contributed by atoms with Gasteiger partial charge in [-0.2, -0.15) is 4.98 Å². The van der Waals surface area contributed by atoms with Crippen LogP contribution >= 0.6 is 0 Å². The minimum Gasteiger partial charge on any atom is -0.497 e. The highest BCUT2D eigenvalue weighted by atomic mass is 16.7. The lowest BCUT2D eigenvalue weighted by molar-refractivity contribution is 0.174. The van der Waals surface area contributed by atoms with E-state index in [4.69, 9.17) is 14.2 Å². The molecule has 0 atom stereocenters. The molecule has 0 spiro atoms. The molecule has 0 saturated carbocycles. The van der Waals surface area contributed by atoms with Gasteiger partial charge in [0, 0.05) is 24.5 Å². The maximum absolute atomic E-state index is 5.39. The second kappa shape index (κ2) is 7.82. The van der Waals surface area contributed by atoms with Crippen LogP contribution in [-0.4, -0.2) is 30.4 Å². The minimum atomic E-state index is 0.253. The van der Waals surface area contributed by atoms with Crippen molar-refractivity contribution in [2.45, 2.75) is 6.42 Å². The van der Waals surface area contributed by atoms with E-state index < -0.39 is 0 Å². The second-order valence-corrected chi connectivity index (χ2v) is 5.98. The monoisotopic (exact) mass is 364 g/mol. The van der Waals surface area contributed by atoms with E-state index in [-0.39, 0.29) is 6.79 Å². The zero-order chi connectivity index (χ0) is 18.5. The average molecular weight is 364 g/mol. The van der Waals surface area contributed by atoms with Gasteiger partial charge in [0.1, 0.15) is 11.6 Å². The number of nitrogens with zero attached hydrogens (tertiary/aromatic N) is 2. The zero-order valence-electron chi connectivity index (χ0n) is 14.9. The largest absolute Gasteiger partial charge is 0.497 e. The SMILES string of the molecule is COc1ccc(CCNc2ccnc(Nc3ccc4c(c3)OCO4)n2)cc1. The zero-order valence-corrected chi connectivity index (χ0v) is 14.9. The highest BCUT2D eigenvalue weighted by Gasteiger charge is 2.13. The van der Waals surface area contributed by atoms with Crippen LogP contribution in [0.3, 0.4) is 0 Å². The molecular formula is C20H20N4O3. The molecule has 2 N–H and O–H groups in total. The Hall–Kier alpha value is -3.48. The first-order chi connectivity index (χ1) is 13.3. The van der Waals surface area contributed by atoms with Gasteiger partial charge in [-0.15, -0.1) is 0 Å². The van der Waals surface area contributed by atoms with Crippen LogP contribution < -0.4 is 24.8 Å². The number of hydrogen-bond donors (Lipinski definition) is 2. The molecule has 2 heterocycles. The lowest BCUT2D eigenvalue weighted by Gasteiger charge is -2.09. The summed E-state index contributed by atoms with van der Waals surface area (Å²) in [5.41, 5.74) is 2.07. The Kier molecular flexibility index (Phi) is 4.91. The second-order valence-electron chi connectivity index (χ2n) is 5.98. The van der Waals surface area contributed by atoms with Crippen LogP contribution in [0.1, 0.15) is 5.56 Å². The van der Waals surface area contributed by atoms with Gasteiger partial charge in [-0.3, -0.25) is 0 Å². The fourth-order valence-electron chi connectivity index (χ4n) is 2.75. The standard InChI is InChI=1S/C20H20N4O3/c1-25-16-5-2-14(3-6-16)8-10-21-19-9-11-22-20(24-19)23-15-4-7-17-18(12-15)27-13-26-17/h2-7,9,11-12H,8,10,13H2,1H3,(H2,21,22,23,24). The summed E-state index contributed by atoms with van der Waals surface area (Å²) < 4.78 is 15.9. The molecule has 1 aliphatic heterocycles. The van der Waals surface area contributed by atoms with Gasteiger partial charge in [-0.1, -0.05) is 12.1 Å². The summed E-state index contributed by atoms with van der Waals surface area (Å²) >= 11 is 0. The van der Waals surface area contributed by atoms with Crippen LogP contribution in [0, 0.1) is 0 Å². The fraction of sp³-hybridized carbons (Fsp3) is 0.200. The van der Waals surface area contributed by atoms with Crippen molar-refractivity contribution in [1.82, 2.24) is 9.97 Å². The molecule has 0 amide bonds. The highest BCUT2D eigenvalue weighted by Crippen LogP contribution is 2.34. The lowest BCUT2D eigenvalue weighted by Crippen LogP contribution is -2.07. The molecule has 138 valence electrons. The first-order valence-electron chi connectivity index (χ1n) is 8.67. The van der Waals surface area contributed by atoms with Gasteiger partial charge >= 0.3 is 0 Å². The smallest absolute Gasteiger partial charge is 0.231 e. The summed E-state index contributed by atoms with van der Waals surface area (Å²) in [6.07, 6.45) is 2.61. The highest BCUT2D eigenvalue weighted by molar-refractivity contribution is 5.61. The summed E-state index contributed by atoms with van der Waals surface area (Å²) in [4.78, 5) is 8.76. The molecule has 0 radical (unpaired) electrons. The third kappa shape index (κ3) is 4.20. The summed E-state index contributed by atoms with van der Waals surface area (Å²) in [7, 11) is 1.67. The van der Waals surface area contributed by atoms with Gasteiger partial charge in [0.15, 0.2) is 11.5 Å². The van der Waals surface area contributed by atoms with Crippen molar-refractivity contribution in [3.8, 4) is 17.2 Å². The van der Waals surface area contributed by atoms with Gasteiger partial charge in [-0.25, -0.2) is 4.98 Å². The van der Waals surface area contributed by atoms with Crippen LogP contribution in [0.15, 0.2) is 54.7 Å². The Labute approximate surface area is 157 Å². The van der Waals surface area contributed by atoms with E-state index in [2.05, 4.69) is 32.7 Å². The van der Waals surface area contributed by atoms with Crippen molar-refractivity contribution in [2.75, 3.05) is 31.1 Å². The molecule has 27 heavy (non-hydrogen) atoms. The molecule has 7 nitrogen and oxygen atoms in total. The molecule has 4 rings (SSSR count). The van der Waals surface area contributed by atoms with E-state index in [1.165, 1.54) is 5.56 Å². The van der Waals surface area contributed by atoms with Gasteiger partial charge < -0.3 is 24.8 Å². The van der Waals surface area contributed by atoms with Crippen molar-refractivity contribution < 1.29 is 14.2 Å². The quantitative estimate of drug-likeness (QED) is 0.663. The van der Waals surface area contributed by atoms with Crippen LogP contribution in [-0.2, 0) is 6.42 Å². The molecule has 0 aliphatic carbocycles. The fourth-order valence-corrected chi connectivity index (χ4v) is 2.75. The minimum absolute atomic E-state index is 0.253. The first kappa shape index (κ1) is 17.0. The molecule has 0 unspecified atom stereocenters. The van der Waals surface area contributed by atoms with Gasteiger partial charge in [0.2, 0.25) is 12.7 Å². The van der Waals surface area contributed by atoms with E-state index in [1.807, 2.05) is 36.4 Å². The van der Waals surface area contributed by atoms with Crippen molar-refractivity contribution in [1.29, 1.82) is 0 Å². The van der Waals surface area contributed by atoms with E-state index in [0.29, 0.717) is 11.7 Å². The van der Waals surface area contributed by atoms with Crippen molar-refractivity contribution in [3.63, 3.8) is 0 Å². The Morgan fingerprint density at radius 1 is 1.04 bits per heavy atom. The average Bonchev–Trinajstić information content (AvgIpc) is 3.17. The predicted octanol–water partition coefficient (Wildman–Crippen LogP) is 3.61. The number of fused-ring (bicyclic) bond motifs is 1. The number of methoxy groups -OCH3 is 1. The number of nitrogens with one attached hydrogen (secondary N) is 2. The molecule has 2 aromatic carbocycles. The third-order valence-electron chi connectivity index (χ3n) is 4.16. The molecule has 3 aromatic rings. The molecule has 0 saturated heterocycles. The summed E-state index contributed by atoms with van der Waals surface area (Å²) in [5, 5.41) is 6.51. The van der Waals surface area contributed by atoms with Crippen LogP contribution in [0.25, 0.3) is 0 Å². The van der Waals surface area contributed by atoms with Crippen LogP contribution in [0.5, 0.6) is 17.2 Å². The first-order valence-corrected chi connectivity index (χ1v) is 8.67. The van der Waals surface area contributed by atoms with Crippen molar-refractivity contribution in [2.24, 2.45) is 0 Å². The molecular weight excluding hydrogens is 344 g/mol. The molecule has 1 aromatic heterocycles. The number of aromatic nitrogens is 2. The number of rotatable bonds is 7. The predicted molar refractivity (Wildman–Crippen MR) is 103 cm³/mol. The van der Waals surface area contributed by atoms with E-state index in [1.54, 1.807) is 13.3 Å². The topological polar surface area (TPSA) is 77.5 Å². The Bertz CT molecular complexity index is 915. The van der Waals surface area contributed by atoms with Gasteiger partial charge in [0.05, 0.1) is 7.11 Å². The number of hydrogen-bond acceptors (Lipinski definition) is 7. The summed E-state index contributed by atoms with van der Waals surface area (Å²) in [6.45, 7) is 1.02. The number of benzene rings is 2. The van der Waals surface area contributed by atoms with E-state index in [9.17, 15) is 0 Å². The molecule has 7 heteroatoms. The molecule has 1 aliphatic rings. The Morgan fingerprint density at radius 2 is 1.89 bits per heavy atom. The number of ether oxygens (including phenoxy) is 3. The van der Waals surface area contributed by atoms with Crippen molar-refractivity contribution in [3.05, 3.63) is 60.3 Å². The van der Waals surface area contributed by atoms with Crippen LogP contribution in [0.2, 0.25) is 0 Å². The third-order valence-corrected chi connectivity index (χ3v) is 4.16. The maximum atomic E-state index is 5.39. The molecule has 0 fully saturated rings. The van der Waals surface area contributed by atoms with Gasteiger partial charge in [-0.05, 0) is 42.3 Å². The Morgan fingerprint density at radius 3 is 2.74 bits per heavy atom. The lowest BCUT2D eigenvalue weighted by atomic mass is 10.1. The van der Waals surface area contributed by atoms with Crippen molar-refractivity contribution >= 4 is 17.5 Å². The number of anilines is 3. The summed E-state index contributed by atoms with van der Waals surface area (Å²) in [6, 6.07) is 15.5. The Balaban J connectivity index is 1.34.